The number of fused-ring (bicyclic) bond motifs is 1. The van der Waals surface area contributed by atoms with Crippen LogP contribution in [-0.2, 0) is 14.3 Å². The molecule has 1 unspecified atom stereocenters. The van der Waals surface area contributed by atoms with Crippen LogP contribution < -0.4 is 5.32 Å². The van der Waals surface area contributed by atoms with Gasteiger partial charge in [0.2, 0.25) is 5.91 Å². The molecule has 2 fully saturated rings. The van der Waals surface area contributed by atoms with Crippen molar-refractivity contribution in [2.75, 3.05) is 19.7 Å². The number of amides is 1. The van der Waals surface area contributed by atoms with Crippen molar-refractivity contribution < 1.29 is 14.3 Å². The third-order valence-corrected chi connectivity index (χ3v) is 5.27. The van der Waals surface area contributed by atoms with Gasteiger partial charge < -0.3 is 15.0 Å². The van der Waals surface area contributed by atoms with Gasteiger partial charge in [0.15, 0.2) is 0 Å². The highest BCUT2D eigenvalue weighted by atomic mass is 16.5. The Morgan fingerprint density at radius 3 is 2.91 bits per heavy atom. The number of hydrogen-bond donors (Lipinski definition) is 1. The molecule has 0 radical (unpaired) electrons. The first kappa shape index (κ1) is 15.5. The lowest BCUT2D eigenvalue weighted by molar-refractivity contribution is -0.159. The summed E-state index contributed by atoms with van der Waals surface area (Å²) >= 11 is 0. The second kappa shape index (κ2) is 6.41. The van der Waals surface area contributed by atoms with Crippen molar-refractivity contribution in [3.05, 3.63) is 11.8 Å². The van der Waals surface area contributed by atoms with Crippen molar-refractivity contribution in [2.45, 2.75) is 57.9 Å². The topological polar surface area (TPSA) is 58.6 Å². The zero-order chi connectivity index (χ0) is 15.6. The van der Waals surface area contributed by atoms with Crippen molar-refractivity contribution in [1.82, 2.24) is 10.2 Å². The molecule has 0 saturated carbocycles. The van der Waals surface area contributed by atoms with Crippen molar-refractivity contribution in [3.63, 3.8) is 0 Å². The fourth-order valence-corrected chi connectivity index (χ4v) is 4.17. The molecule has 2 heterocycles. The number of nitrogens with one attached hydrogen (secondary N) is 1. The zero-order valence-electron chi connectivity index (χ0n) is 13.4. The molecule has 5 heteroatoms. The Morgan fingerprint density at radius 2 is 2.18 bits per heavy atom. The standard InChI is InChI=1S/C17H26N2O3/c1-2-22-16(21)17-9-4-3-5-14(17)19(15(20)6-10-17)13-7-11-18-12-8-13/h5,13,18H,2-4,6-12H2,1H3. The number of nitrogens with zero attached hydrogens (tertiary/aromatic N) is 1. The quantitative estimate of drug-likeness (QED) is 0.810. The molecule has 0 aromatic rings. The molecule has 3 rings (SSSR count). The van der Waals surface area contributed by atoms with E-state index in [4.69, 9.17) is 4.74 Å². The van der Waals surface area contributed by atoms with Crippen LogP contribution in [0.25, 0.3) is 0 Å². The molecule has 3 aliphatic rings. The second-order valence-electron chi connectivity index (χ2n) is 6.53. The molecular weight excluding hydrogens is 280 g/mol. The van der Waals surface area contributed by atoms with Gasteiger partial charge in [0.05, 0.1) is 6.61 Å². The van der Waals surface area contributed by atoms with Crippen LogP contribution in [0.15, 0.2) is 11.8 Å². The summed E-state index contributed by atoms with van der Waals surface area (Å²) in [4.78, 5) is 27.2. The van der Waals surface area contributed by atoms with Gasteiger partial charge in [-0.3, -0.25) is 9.59 Å². The molecule has 2 aliphatic heterocycles. The van der Waals surface area contributed by atoms with Gasteiger partial charge >= 0.3 is 5.97 Å². The highest BCUT2D eigenvalue weighted by Crippen LogP contribution is 2.48. The average Bonchev–Trinajstić information content (AvgIpc) is 2.56. The molecule has 0 aromatic carbocycles. The van der Waals surface area contributed by atoms with Gasteiger partial charge in [-0.15, -0.1) is 0 Å². The number of ether oxygens (including phenoxy) is 1. The van der Waals surface area contributed by atoms with Crippen LogP contribution in [0, 0.1) is 5.41 Å². The van der Waals surface area contributed by atoms with Gasteiger partial charge in [-0.05, 0) is 58.5 Å². The normalized spacial score (nSPS) is 29.8. The Bertz CT molecular complexity index is 482. The highest BCUT2D eigenvalue weighted by Gasteiger charge is 2.52. The summed E-state index contributed by atoms with van der Waals surface area (Å²) in [5, 5.41) is 3.34. The van der Waals surface area contributed by atoms with E-state index in [0.29, 0.717) is 19.4 Å². The van der Waals surface area contributed by atoms with E-state index in [1.165, 1.54) is 0 Å². The molecule has 2 saturated heterocycles. The zero-order valence-corrected chi connectivity index (χ0v) is 13.4. The van der Waals surface area contributed by atoms with Gasteiger partial charge in [-0.1, -0.05) is 6.08 Å². The number of hydrogen-bond acceptors (Lipinski definition) is 4. The molecule has 22 heavy (non-hydrogen) atoms. The molecule has 5 nitrogen and oxygen atoms in total. The van der Waals surface area contributed by atoms with E-state index in [-0.39, 0.29) is 17.9 Å². The highest BCUT2D eigenvalue weighted by molar-refractivity contribution is 5.88. The number of carbonyl (C=O) groups is 2. The van der Waals surface area contributed by atoms with Crippen molar-refractivity contribution in [3.8, 4) is 0 Å². The van der Waals surface area contributed by atoms with Gasteiger partial charge in [0.25, 0.3) is 0 Å². The summed E-state index contributed by atoms with van der Waals surface area (Å²) in [5.41, 5.74) is 0.368. The van der Waals surface area contributed by atoms with Crippen LogP contribution in [-0.4, -0.2) is 42.5 Å². The minimum atomic E-state index is -0.576. The third-order valence-electron chi connectivity index (χ3n) is 5.27. The Morgan fingerprint density at radius 1 is 1.41 bits per heavy atom. The summed E-state index contributed by atoms with van der Waals surface area (Å²) < 4.78 is 5.38. The average molecular weight is 306 g/mol. The molecule has 1 N–H and O–H groups in total. The van der Waals surface area contributed by atoms with Crippen LogP contribution in [0.1, 0.15) is 51.9 Å². The van der Waals surface area contributed by atoms with Crippen LogP contribution >= 0.6 is 0 Å². The van der Waals surface area contributed by atoms with E-state index in [2.05, 4.69) is 11.4 Å². The first-order valence-electron chi connectivity index (χ1n) is 8.59. The maximum atomic E-state index is 12.7. The number of esters is 1. The number of rotatable bonds is 3. The number of carbonyl (C=O) groups excluding carboxylic acids is 2. The predicted octanol–water partition coefficient (Wildman–Crippen LogP) is 1.98. The lowest BCUT2D eigenvalue weighted by Crippen LogP contribution is -2.55. The predicted molar refractivity (Wildman–Crippen MR) is 83.0 cm³/mol. The monoisotopic (exact) mass is 306 g/mol. The summed E-state index contributed by atoms with van der Waals surface area (Å²) in [6, 6.07) is 0.229. The van der Waals surface area contributed by atoms with Crippen molar-refractivity contribution in [1.29, 1.82) is 0 Å². The first-order chi connectivity index (χ1) is 10.7. The van der Waals surface area contributed by atoms with E-state index in [0.717, 1.165) is 50.9 Å². The maximum Gasteiger partial charge on any atom is 0.318 e. The Labute approximate surface area is 132 Å². The maximum absolute atomic E-state index is 12.7. The Hall–Kier alpha value is -1.36. The summed E-state index contributed by atoms with van der Waals surface area (Å²) in [6.45, 7) is 4.12. The Kier molecular flexibility index (Phi) is 4.52. The van der Waals surface area contributed by atoms with Gasteiger partial charge in [-0.25, -0.2) is 0 Å². The van der Waals surface area contributed by atoms with E-state index in [9.17, 15) is 9.59 Å². The summed E-state index contributed by atoms with van der Waals surface area (Å²) in [7, 11) is 0. The van der Waals surface area contributed by atoms with E-state index in [1.807, 2.05) is 11.8 Å². The van der Waals surface area contributed by atoms with Gasteiger partial charge in [0.1, 0.15) is 5.41 Å². The molecule has 1 aliphatic carbocycles. The minimum Gasteiger partial charge on any atom is -0.465 e. The smallest absolute Gasteiger partial charge is 0.318 e. The van der Waals surface area contributed by atoms with E-state index in [1.54, 1.807) is 0 Å². The largest absolute Gasteiger partial charge is 0.465 e. The van der Waals surface area contributed by atoms with Crippen LogP contribution in [0.4, 0.5) is 0 Å². The van der Waals surface area contributed by atoms with E-state index >= 15 is 0 Å². The number of likely N-dealkylation sites (tertiary alicyclic amines) is 1. The first-order valence-corrected chi connectivity index (χ1v) is 8.59. The second-order valence-corrected chi connectivity index (χ2v) is 6.53. The molecule has 0 aromatic heterocycles. The minimum absolute atomic E-state index is 0.132. The van der Waals surface area contributed by atoms with Crippen LogP contribution in [0.5, 0.6) is 0 Å². The molecule has 1 amide bonds. The number of piperidine rings is 2. The van der Waals surface area contributed by atoms with Crippen molar-refractivity contribution in [2.24, 2.45) is 5.41 Å². The lowest BCUT2D eigenvalue weighted by Gasteiger charge is -2.48. The molecule has 0 bridgehead atoms. The molecule has 122 valence electrons. The molecule has 0 spiro atoms. The van der Waals surface area contributed by atoms with Gasteiger partial charge in [0, 0.05) is 18.2 Å². The van der Waals surface area contributed by atoms with E-state index < -0.39 is 5.41 Å². The fourth-order valence-electron chi connectivity index (χ4n) is 4.17. The van der Waals surface area contributed by atoms with Crippen LogP contribution in [0.3, 0.4) is 0 Å². The van der Waals surface area contributed by atoms with Crippen LogP contribution in [0.2, 0.25) is 0 Å². The Balaban J connectivity index is 1.93. The SMILES string of the molecule is CCOC(=O)C12CCCC=C1N(C1CCNCC1)C(=O)CC2. The summed E-state index contributed by atoms with van der Waals surface area (Å²) in [6.07, 6.45) is 7.87. The summed E-state index contributed by atoms with van der Waals surface area (Å²) in [5.74, 6) is 0.0485. The van der Waals surface area contributed by atoms with Crippen molar-refractivity contribution >= 4 is 11.9 Å². The molecule has 1 atom stereocenters. The lowest BCUT2D eigenvalue weighted by atomic mass is 9.69. The third kappa shape index (κ3) is 2.56. The fraction of sp³-hybridized carbons (Fsp3) is 0.765. The number of allylic oxidation sites excluding steroid dienone is 1. The molecular formula is C17H26N2O3. The van der Waals surface area contributed by atoms with Gasteiger partial charge in [-0.2, -0.15) is 0 Å².